The number of imidazole rings is 1. The average Bonchev–Trinajstić information content (AvgIpc) is 2.97. The van der Waals surface area contributed by atoms with Gasteiger partial charge in [0, 0.05) is 15.8 Å². The zero-order valence-electron chi connectivity index (χ0n) is 15.1. The van der Waals surface area contributed by atoms with Gasteiger partial charge in [0.15, 0.2) is 0 Å². The lowest BCUT2D eigenvalue weighted by atomic mass is 10.1. The molecule has 30 heavy (non-hydrogen) atoms. The molecule has 0 bridgehead atoms. The first kappa shape index (κ1) is 20.0. The molecule has 10 heteroatoms. The van der Waals surface area contributed by atoms with Gasteiger partial charge >= 0.3 is 11.2 Å². The van der Waals surface area contributed by atoms with Crippen LogP contribution in [0.4, 0.5) is 17.6 Å². The van der Waals surface area contributed by atoms with Gasteiger partial charge in [-0.25, -0.2) is 13.8 Å². The second kappa shape index (κ2) is 7.52. The molecule has 2 aromatic carbocycles. The summed E-state index contributed by atoms with van der Waals surface area (Å²) in [6, 6.07) is 11.9. The normalized spacial score (nSPS) is 11.9. The molecule has 4 rings (SSSR count). The Hall–Kier alpha value is -3.27. The number of thioether (sulfide) groups is 1. The van der Waals surface area contributed by atoms with E-state index >= 15 is 0 Å². The van der Waals surface area contributed by atoms with Crippen LogP contribution in [0.5, 0.6) is 5.88 Å². The van der Waals surface area contributed by atoms with Crippen LogP contribution in [-0.4, -0.2) is 24.7 Å². The Morgan fingerprint density at radius 1 is 1.07 bits per heavy atom. The predicted molar refractivity (Wildman–Crippen MR) is 104 cm³/mol. The summed E-state index contributed by atoms with van der Waals surface area (Å²) in [4.78, 5) is 16.8. The Morgan fingerprint density at radius 3 is 2.47 bits per heavy atom. The summed E-state index contributed by atoms with van der Waals surface area (Å²) >= 11 is -0.280. The van der Waals surface area contributed by atoms with Gasteiger partial charge in [-0.15, -0.1) is 0 Å². The Kier molecular flexibility index (Phi) is 5.02. The lowest BCUT2D eigenvalue weighted by Crippen LogP contribution is -2.24. The summed E-state index contributed by atoms with van der Waals surface area (Å²) in [5.41, 5.74) is -4.12. The fraction of sp³-hybridized carbons (Fsp3) is 0.100. The molecular formula is C20H13F4N3O2S. The number of para-hydroxylation sites is 1. The maximum atomic E-state index is 14.4. The standard InChI is InChI=1S/C20H13F4N3O2S/c21-16-9-25-17-4-2-1-3-14(17)15(16)10-26-11-18(28)27(19(26)29)12-5-7-13(8-6-12)30-20(22,23)24/h1-9,11,28H,10H2. The summed E-state index contributed by atoms with van der Waals surface area (Å²) in [7, 11) is 0. The molecule has 0 fully saturated rings. The van der Waals surface area contributed by atoms with E-state index in [9.17, 15) is 27.5 Å². The minimum absolute atomic E-state index is 0.0523. The molecule has 0 aliphatic heterocycles. The van der Waals surface area contributed by atoms with Crippen LogP contribution in [0.15, 0.2) is 70.6 Å². The van der Waals surface area contributed by atoms with E-state index in [2.05, 4.69) is 4.98 Å². The lowest BCUT2D eigenvalue weighted by molar-refractivity contribution is -0.0328. The highest BCUT2D eigenvalue weighted by atomic mass is 32.2. The van der Waals surface area contributed by atoms with E-state index in [0.29, 0.717) is 10.9 Å². The van der Waals surface area contributed by atoms with Crippen molar-refractivity contribution in [1.82, 2.24) is 14.1 Å². The Labute approximate surface area is 171 Å². The van der Waals surface area contributed by atoms with Crippen molar-refractivity contribution in [3.05, 3.63) is 82.8 Å². The van der Waals surface area contributed by atoms with Gasteiger partial charge in [-0.05, 0) is 42.1 Å². The van der Waals surface area contributed by atoms with Gasteiger partial charge in [0.1, 0.15) is 5.82 Å². The fourth-order valence-electron chi connectivity index (χ4n) is 3.14. The molecule has 5 nitrogen and oxygen atoms in total. The number of rotatable bonds is 4. The Morgan fingerprint density at radius 2 is 1.77 bits per heavy atom. The van der Waals surface area contributed by atoms with Gasteiger partial charge in [-0.3, -0.25) is 9.55 Å². The Bertz CT molecular complexity index is 1280. The number of aromatic hydroxyl groups is 1. The molecule has 0 aliphatic carbocycles. The monoisotopic (exact) mass is 435 g/mol. The van der Waals surface area contributed by atoms with Gasteiger partial charge in [0.2, 0.25) is 5.88 Å². The van der Waals surface area contributed by atoms with Crippen molar-refractivity contribution < 1.29 is 22.7 Å². The SMILES string of the molecule is O=c1n(Cc2c(F)cnc3ccccc23)cc(O)n1-c1ccc(SC(F)(F)F)cc1. The third-order valence-electron chi connectivity index (χ3n) is 4.43. The van der Waals surface area contributed by atoms with Crippen molar-refractivity contribution in [3.63, 3.8) is 0 Å². The van der Waals surface area contributed by atoms with Gasteiger partial charge in [-0.1, -0.05) is 18.2 Å². The minimum Gasteiger partial charge on any atom is -0.493 e. The first-order valence-electron chi connectivity index (χ1n) is 8.62. The molecular weight excluding hydrogens is 422 g/mol. The van der Waals surface area contributed by atoms with E-state index in [1.54, 1.807) is 24.3 Å². The van der Waals surface area contributed by atoms with E-state index in [1.165, 1.54) is 24.3 Å². The number of benzene rings is 2. The van der Waals surface area contributed by atoms with Gasteiger partial charge in [0.25, 0.3) is 0 Å². The maximum absolute atomic E-state index is 14.4. The molecule has 0 unspecified atom stereocenters. The van der Waals surface area contributed by atoms with Gasteiger partial charge in [0.05, 0.1) is 30.1 Å². The summed E-state index contributed by atoms with van der Waals surface area (Å²) < 4.78 is 53.9. The Balaban J connectivity index is 1.70. The van der Waals surface area contributed by atoms with E-state index < -0.39 is 22.9 Å². The highest BCUT2D eigenvalue weighted by Crippen LogP contribution is 2.37. The third kappa shape index (κ3) is 3.90. The molecule has 0 spiro atoms. The number of halogens is 4. The first-order valence-corrected chi connectivity index (χ1v) is 9.44. The number of pyridine rings is 1. The maximum Gasteiger partial charge on any atom is 0.446 e. The molecule has 0 aliphatic rings. The summed E-state index contributed by atoms with van der Waals surface area (Å²) in [5, 5.41) is 10.8. The lowest BCUT2D eigenvalue weighted by Gasteiger charge is -2.08. The second-order valence-corrected chi connectivity index (χ2v) is 7.52. The quantitative estimate of drug-likeness (QED) is 0.373. The van der Waals surface area contributed by atoms with Crippen molar-refractivity contribution in [2.45, 2.75) is 16.9 Å². The van der Waals surface area contributed by atoms with Crippen LogP contribution in [-0.2, 0) is 6.54 Å². The third-order valence-corrected chi connectivity index (χ3v) is 5.17. The summed E-state index contributed by atoms with van der Waals surface area (Å²) in [5.74, 6) is -1.02. The average molecular weight is 435 g/mol. The number of hydrogen-bond acceptors (Lipinski definition) is 4. The van der Waals surface area contributed by atoms with Crippen molar-refractivity contribution in [2.24, 2.45) is 0 Å². The van der Waals surface area contributed by atoms with Gasteiger partial charge in [-0.2, -0.15) is 13.2 Å². The fourth-order valence-corrected chi connectivity index (χ4v) is 3.68. The van der Waals surface area contributed by atoms with E-state index in [-0.39, 0.29) is 34.5 Å². The van der Waals surface area contributed by atoms with Crippen LogP contribution in [0.3, 0.4) is 0 Å². The number of nitrogens with zero attached hydrogens (tertiary/aromatic N) is 3. The summed E-state index contributed by atoms with van der Waals surface area (Å²) in [6.07, 6.45) is 2.21. The van der Waals surface area contributed by atoms with Crippen LogP contribution in [0.25, 0.3) is 16.6 Å². The number of alkyl halides is 3. The number of hydrogen-bond donors (Lipinski definition) is 1. The molecule has 2 aromatic heterocycles. The zero-order chi connectivity index (χ0) is 21.5. The smallest absolute Gasteiger partial charge is 0.446 e. The minimum atomic E-state index is -4.43. The molecule has 2 heterocycles. The van der Waals surface area contributed by atoms with Crippen molar-refractivity contribution in [3.8, 4) is 11.6 Å². The second-order valence-electron chi connectivity index (χ2n) is 6.38. The van der Waals surface area contributed by atoms with Crippen molar-refractivity contribution >= 4 is 22.7 Å². The molecule has 0 amide bonds. The molecule has 0 saturated carbocycles. The van der Waals surface area contributed by atoms with E-state index in [4.69, 9.17) is 0 Å². The van der Waals surface area contributed by atoms with E-state index in [0.717, 1.165) is 21.5 Å². The van der Waals surface area contributed by atoms with Gasteiger partial charge < -0.3 is 5.11 Å². The van der Waals surface area contributed by atoms with Crippen LogP contribution in [0.2, 0.25) is 0 Å². The van der Waals surface area contributed by atoms with Crippen LogP contribution >= 0.6 is 11.8 Å². The highest BCUT2D eigenvalue weighted by molar-refractivity contribution is 8.00. The molecule has 0 atom stereocenters. The van der Waals surface area contributed by atoms with Crippen molar-refractivity contribution in [2.75, 3.05) is 0 Å². The highest BCUT2D eigenvalue weighted by Gasteiger charge is 2.29. The zero-order valence-corrected chi connectivity index (χ0v) is 15.9. The van der Waals surface area contributed by atoms with Crippen LogP contribution in [0.1, 0.15) is 5.56 Å². The topological polar surface area (TPSA) is 60.1 Å². The molecule has 154 valence electrons. The molecule has 0 saturated heterocycles. The van der Waals surface area contributed by atoms with E-state index in [1.807, 2.05) is 0 Å². The predicted octanol–water partition coefficient (Wildman–Crippen LogP) is 4.69. The van der Waals surface area contributed by atoms with Crippen molar-refractivity contribution in [1.29, 1.82) is 0 Å². The van der Waals surface area contributed by atoms with Crippen LogP contribution < -0.4 is 5.69 Å². The number of fused-ring (bicyclic) bond motifs is 1. The summed E-state index contributed by atoms with van der Waals surface area (Å²) in [6.45, 7) is -0.156. The molecule has 4 aromatic rings. The van der Waals surface area contributed by atoms with Crippen LogP contribution in [0, 0.1) is 5.82 Å². The number of aromatic nitrogens is 3. The molecule has 0 radical (unpaired) electrons. The first-order chi connectivity index (χ1) is 14.2. The molecule has 1 N–H and O–H groups in total. The largest absolute Gasteiger partial charge is 0.493 e.